The van der Waals surface area contributed by atoms with Crippen molar-refractivity contribution in [2.24, 2.45) is 0 Å². The van der Waals surface area contributed by atoms with Gasteiger partial charge in [0.15, 0.2) is 0 Å². The summed E-state index contributed by atoms with van der Waals surface area (Å²) in [7, 11) is 0. The lowest BCUT2D eigenvalue weighted by molar-refractivity contribution is 0.707. The van der Waals surface area contributed by atoms with Gasteiger partial charge >= 0.3 is 0 Å². The zero-order valence-corrected chi connectivity index (χ0v) is 8.71. The maximum Gasteiger partial charge on any atom is 0.0175 e. The van der Waals surface area contributed by atoms with Crippen molar-refractivity contribution in [1.29, 1.82) is 0 Å². The van der Waals surface area contributed by atoms with Gasteiger partial charge in [-0.15, -0.1) is 0 Å². The van der Waals surface area contributed by atoms with Crippen molar-refractivity contribution in [2.75, 3.05) is 0 Å². The fourth-order valence-corrected chi connectivity index (χ4v) is 1.23. The van der Waals surface area contributed by atoms with Crippen LogP contribution < -0.4 is 3.53 Å². The Hall–Kier alpha value is -0.0900. The summed E-state index contributed by atoms with van der Waals surface area (Å²) in [4.78, 5) is 0. The summed E-state index contributed by atoms with van der Waals surface area (Å²) in [6.07, 6.45) is 1.10. The first-order valence-electron chi connectivity index (χ1n) is 3.73. The fourth-order valence-electron chi connectivity index (χ4n) is 1.01. The van der Waals surface area contributed by atoms with Crippen molar-refractivity contribution in [2.45, 2.75) is 19.4 Å². The normalized spacial score (nSPS) is 12.9. The van der Waals surface area contributed by atoms with Gasteiger partial charge in [0, 0.05) is 28.9 Å². The van der Waals surface area contributed by atoms with Crippen molar-refractivity contribution in [3.63, 3.8) is 0 Å². The Morgan fingerprint density at radius 1 is 1.36 bits per heavy atom. The summed E-state index contributed by atoms with van der Waals surface area (Å²) < 4.78 is 3.18. The summed E-state index contributed by atoms with van der Waals surface area (Å²) in [5.41, 5.74) is 1.39. The monoisotopic (exact) mass is 261 g/mol. The van der Waals surface area contributed by atoms with Gasteiger partial charge in [-0.3, -0.25) is 3.53 Å². The van der Waals surface area contributed by atoms with Crippen molar-refractivity contribution in [3.05, 3.63) is 35.9 Å². The maximum atomic E-state index is 3.18. The maximum absolute atomic E-state index is 3.18. The van der Waals surface area contributed by atoms with Gasteiger partial charge in [0.2, 0.25) is 0 Å². The molecule has 2 heteroatoms. The minimum atomic E-state index is 0.554. The van der Waals surface area contributed by atoms with Gasteiger partial charge in [-0.1, -0.05) is 30.3 Å². The number of halogens is 1. The lowest BCUT2D eigenvalue weighted by atomic mass is 10.1. The minimum absolute atomic E-state index is 0.554. The van der Waals surface area contributed by atoms with Gasteiger partial charge in [0.25, 0.3) is 0 Å². The Labute approximate surface area is 81.7 Å². The van der Waals surface area contributed by atoms with Gasteiger partial charge in [-0.2, -0.15) is 0 Å². The molecule has 1 aromatic rings. The summed E-state index contributed by atoms with van der Waals surface area (Å²) in [5, 5.41) is 0. The van der Waals surface area contributed by atoms with Crippen molar-refractivity contribution in [1.82, 2.24) is 3.53 Å². The molecule has 0 aliphatic rings. The largest absolute Gasteiger partial charge is 0.258 e. The number of rotatable bonds is 3. The molecule has 1 nitrogen and oxygen atoms in total. The lowest BCUT2D eigenvalue weighted by Crippen LogP contribution is -2.17. The summed E-state index contributed by atoms with van der Waals surface area (Å²) in [6, 6.07) is 11.1. The van der Waals surface area contributed by atoms with Crippen molar-refractivity contribution < 1.29 is 0 Å². The average molecular weight is 261 g/mol. The molecule has 0 radical (unpaired) electrons. The van der Waals surface area contributed by atoms with Gasteiger partial charge < -0.3 is 0 Å². The second-order valence-electron chi connectivity index (χ2n) is 2.70. The zero-order valence-electron chi connectivity index (χ0n) is 6.55. The molecule has 1 aromatic carbocycles. The molecule has 0 amide bonds. The van der Waals surface area contributed by atoms with Crippen LogP contribution in [0.4, 0.5) is 0 Å². The molecule has 0 aromatic heterocycles. The van der Waals surface area contributed by atoms with Crippen molar-refractivity contribution >= 4 is 22.9 Å². The van der Waals surface area contributed by atoms with Crippen LogP contribution in [-0.4, -0.2) is 6.04 Å². The van der Waals surface area contributed by atoms with E-state index in [2.05, 4.69) is 57.6 Å². The van der Waals surface area contributed by atoms with E-state index in [-0.39, 0.29) is 0 Å². The molecule has 0 saturated carbocycles. The highest BCUT2D eigenvalue weighted by molar-refractivity contribution is 14.1. The Morgan fingerprint density at radius 2 is 2.00 bits per heavy atom. The smallest absolute Gasteiger partial charge is 0.0175 e. The van der Waals surface area contributed by atoms with E-state index >= 15 is 0 Å². The van der Waals surface area contributed by atoms with Crippen LogP contribution >= 0.6 is 22.9 Å². The molecule has 1 unspecified atom stereocenters. The Kier molecular flexibility index (Phi) is 3.86. The molecule has 60 valence electrons. The van der Waals surface area contributed by atoms with E-state index in [0.717, 1.165) is 6.42 Å². The van der Waals surface area contributed by atoms with Crippen LogP contribution in [0.5, 0.6) is 0 Å². The molecule has 1 rings (SSSR count). The summed E-state index contributed by atoms with van der Waals surface area (Å²) >= 11 is 2.19. The zero-order chi connectivity index (χ0) is 8.10. The average Bonchev–Trinajstić information content (AvgIpc) is 2.06. The third-order valence-corrected chi connectivity index (χ3v) is 2.63. The second-order valence-corrected chi connectivity index (χ2v) is 3.32. The highest BCUT2D eigenvalue weighted by atomic mass is 127. The van der Waals surface area contributed by atoms with Crippen LogP contribution in [0.2, 0.25) is 0 Å². The Balaban J connectivity index is 2.51. The van der Waals surface area contributed by atoms with Gasteiger partial charge in [-0.05, 0) is 18.9 Å². The number of nitrogens with one attached hydrogen (secondary N) is 1. The predicted octanol–water partition coefficient (Wildman–Crippen LogP) is 2.56. The van der Waals surface area contributed by atoms with E-state index in [1.54, 1.807) is 0 Å². The third-order valence-electron chi connectivity index (χ3n) is 1.57. The number of hydrogen-bond donors (Lipinski definition) is 1. The molecule has 0 aliphatic heterocycles. The van der Waals surface area contributed by atoms with Gasteiger partial charge in [0.1, 0.15) is 0 Å². The van der Waals surface area contributed by atoms with Crippen LogP contribution in [-0.2, 0) is 6.42 Å². The van der Waals surface area contributed by atoms with Crippen LogP contribution in [0.1, 0.15) is 12.5 Å². The molecule has 0 bridgehead atoms. The van der Waals surface area contributed by atoms with Crippen LogP contribution in [0.15, 0.2) is 30.3 Å². The van der Waals surface area contributed by atoms with Gasteiger partial charge in [-0.25, -0.2) is 0 Å². The number of benzene rings is 1. The Bertz CT molecular complexity index is 198. The quantitative estimate of drug-likeness (QED) is 0.651. The number of hydrogen-bond acceptors (Lipinski definition) is 1. The van der Waals surface area contributed by atoms with E-state index in [9.17, 15) is 0 Å². The first kappa shape index (κ1) is 9.00. The van der Waals surface area contributed by atoms with Crippen LogP contribution in [0.25, 0.3) is 0 Å². The minimum Gasteiger partial charge on any atom is -0.258 e. The molecule has 11 heavy (non-hydrogen) atoms. The SMILES string of the molecule is CC(Cc1ccccc1)NI. The molecule has 0 fully saturated rings. The molecule has 1 N–H and O–H groups in total. The van der Waals surface area contributed by atoms with Crippen LogP contribution in [0.3, 0.4) is 0 Å². The predicted molar refractivity (Wildman–Crippen MR) is 56.8 cm³/mol. The summed E-state index contributed by atoms with van der Waals surface area (Å²) in [6.45, 7) is 2.18. The van der Waals surface area contributed by atoms with Crippen molar-refractivity contribution in [3.8, 4) is 0 Å². The highest BCUT2D eigenvalue weighted by Gasteiger charge is 1.98. The third kappa shape index (κ3) is 3.20. The fraction of sp³-hybridized carbons (Fsp3) is 0.333. The van der Waals surface area contributed by atoms with E-state index in [0.29, 0.717) is 6.04 Å². The van der Waals surface area contributed by atoms with Gasteiger partial charge in [0.05, 0.1) is 0 Å². The highest BCUT2D eigenvalue weighted by Crippen LogP contribution is 2.02. The lowest BCUT2D eigenvalue weighted by Gasteiger charge is -2.07. The molecule has 1 atom stereocenters. The van der Waals surface area contributed by atoms with E-state index in [1.165, 1.54) is 5.56 Å². The first-order valence-corrected chi connectivity index (χ1v) is 4.81. The first-order chi connectivity index (χ1) is 5.33. The second kappa shape index (κ2) is 4.72. The van der Waals surface area contributed by atoms with E-state index in [1.807, 2.05) is 6.07 Å². The summed E-state index contributed by atoms with van der Waals surface area (Å²) in [5.74, 6) is 0. The standard InChI is InChI=1S/C9H12IN/c1-8(11-10)7-9-5-3-2-4-6-9/h2-6,8,11H,7H2,1H3. The Morgan fingerprint density at radius 3 is 2.55 bits per heavy atom. The van der Waals surface area contributed by atoms with E-state index < -0.39 is 0 Å². The molecule has 0 saturated heterocycles. The molecule has 0 heterocycles. The molecular formula is C9H12IN. The topological polar surface area (TPSA) is 12.0 Å². The van der Waals surface area contributed by atoms with E-state index in [4.69, 9.17) is 0 Å². The molecular weight excluding hydrogens is 249 g/mol. The van der Waals surface area contributed by atoms with Crippen LogP contribution in [0, 0.1) is 0 Å². The molecule has 0 aliphatic carbocycles. The molecule has 0 spiro atoms.